The van der Waals surface area contributed by atoms with Gasteiger partial charge in [-0.05, 0) is 24.7 Å². The van der Waals surface area contributed by atoms with E-state index in [2.05, 4.69) is 38.0 Å². The topological polar surface area (TPSA) is 68.0 Å². The number of carbonyl (C=O) groups is 1. The van der Waals surface area contributed by atoms with Gasteiger partial charge in [-0.25, -0.2) is 9.48 Å². The van der Waals surface area contributed by atoms with Crippen LogP contribution in [0.2, 0.25) is 0 Å². The van der Waals surface area contributed by atoms with Crippen LogP contribution >= 0.6 is 0 Å². The number of hydrogen-bond donors (Lipinski definition) is 1. The van der Waals surface area contributed by atoms with Crippen molar-refractivity contribution in [2.24, 2.45) is 11.8 Å². The molecular formula is C12H21N3O2. The van der Waals surface area contributed by atoms with Crippen LogP contribution < -0.4 is 0 Å². The fourth-order valence-electron chi connectivity index (χ4n) is 1.66. The first-order valence-electron chi connectivity index (χ1n) is 6.07. The summed E-state index contributed by atoms with van der Waals surface area (Å²) in [5.41, 5.74) is 0.853. The lowest BCUT2D eigenvalue weighted by atomic mass is 10.1. The Morgan fingerprint density at radius 2 is 1.94 bits per heavy atom. The molecule has 1 rings (SSSR count). The number of aromatic carboxylic acids is 1. The molecule has 1 aromatic rings. The van der Waals surface area contributed by atoms with Gasteiger partial charge in [0, 0.05) is 6.54 Å². The molecule has 1 N–H and O–H groups in total. The molecule has 0 saturated carbocycles. The SMILES string of the molecule is CC(C)CCc1c(C(=O)O)nnn1CC(C)C. The van der Waals surface area contributed by atoms with Gasteiger partial charge in [0.05, 0.1) is 5.69 Å². The van der Waals surface area contributed by atoms with Crippen molar-refractivity contribution in [3.05, 3.63) is 11.4 Å². The largest absolute Gasteiger partial charge is 0.476 e. The maximum Gasteiger partial charge on any atom is 0.358 e. The summed E-state index contributed by atoms with van der Waals surface area (Å²) in [5, 5.41) is 16.8. The average molecular weight is 239 g/mol. The van der Waals surface area contributed by atoms with Gasteiger partial charge in [-0.2, -0.15) is 0 Å². The van der Waals surface area contributed by atoms with Crippen molar-refractivity contribution in [1.82, 2.24) is 15.0 Å². The third kappa shape index (κ3) is 3.84. The quantitative estimate of drug-likeness (QED) is 0.826. The fraction of sp³-hybridized carbons (Fsp3) is 0.750. The van der Waals surface area contributed by atoms with Crippen molar-refractivity contribution in [2.45, 2.75) is 47.1 Å². The van der Waals surface area contributed by atoms with Crippen molar-refractivity contribution in [3.63, 3.8) is 0 Å². The molecule has 0 saturated heterocycles. The molecule has 17 heavy (non-hydrogen) atoms. The van der Waals surface area contributed by atoms with Crippen molar-refractivity contribution in [2.75, 3.05) is 0 Å². The average Bonchev–Trinajstić information content (AvgIpc) is 2.57. The Hall–Kier alpha value is -1.39. The molecule has 0 aliphatic heterocycles. The molecule has 0 atom stereocenters. The van der Waals surface area contributed by atoms with E-state index in [9.17, 15) is 4.79 Å². The van der Waals surface area contributed by atoms with Gasteiger partial charge in [0.1, 0.15) is 0 Å². The third-order valence-electron chi connectivity index (χ3n) is 2.54. The lowest BCUT2D eigenvalue weighted by molar-refractivity contribution is 0.0689. The molecule has 0 bridgehead atoms. The summed E-state index contributed by atoms with van der Waals surface area (Å²) >= 11 is 0. The second-order valence-corrected chi connectivity index (χ2v) is 5.20. The Morgan fingerprint density at radius 1 is 1.29 bits per heavy atom. The molecule has 0 radical (unpaired) electrons. The van der Waals surface area contributed by atoms with Crippen LogP contribution in [0.25, 0.3) is 0 Å². The summed E-state index contributed by atoms with van der Waals surface area (Å²) in [6.07, 6.45) is 1.67. The van der Waals surface area contributed by atoms with Crippen LogP contribution in [0.15, 0.2) is 0 Å². The van der Waals surface area contributed by atoms with Crippen LogP contribution in [0.3, 0.4) is 0 Å². The van der Waals surface area contributed by atoms with Crippen LogP contribution in [-0.2, 0) is 13.0 Å². The second-order valence-electron chi connectivity index (χ2n) is 5.20. The third-order valence-corrected chi connectivity index (χ3v) is 2.54. The summed E-state index contributed by atoms with van der Waals surface area (Å²) < 4.78 is 1.73. The first kappa shape index (κ1) is 13.7. The van der Waals surface area contributed by atoms with E-state index in [1.807, 2.05) is 0 Å². The molecule has 0 spiro atoms. The standard InChI is InChI=1S/C12H21N3O2/c1-8(2)5-6-10-11(12(16)17)13-14-15(10)7-9(3)4/h8-9H,5-7H2,1-4H3,(H,16,17). The molecular weight excluding hydrogens is 218 g/mol. The lowest BCUT2D eigenvalue weighted by Gasteiger charge is -2.10. The zero-order valence-electron chi connectivity index (χ0n) is 11.0. The molecule has 5 nitrogen and oxygen atoms in total. The highest BCUT2D eigenvalue weighted by Gasteiger charge is 2.19. The van der Waals surface area contributed by atoms with Gasteiger partial charge in [0.25, 0.3) is 0 Å². The van der Waals surface area contributed by atoms with Gasteiger partial charge in [-0.15, -0.1) is 5.10 Å². The Labute approximate surface area is 102 Å². The minimum absolute atomic E-state index is 0.103. The maximum absolute atomic E-state index is 11.0. The molecule has 96 valence electrons. The second kappa shape index (κ2) is 5.80. The van der Waals surface area contributed by atoms with Crippen LogP contribution in [0, 0.1) is 11.8 Å². The van der Waals surface area contributed by atoms with Crippen molar-refractivity contribution < 1.29 is 9.90 Å². The molecule has 0 aromatic carbocycles. The van der Waals surface area contributed by atoms with Crippen molar-refractivity contribution in [3.8, 4) is 0 Å². The highest BCUT2D eigenvalue weighted by atomic mass is 16.4. The van der Waals surface area contributed by atoms with Gasteiger partial charge < -0.3 is 5.11 Å². The summed E-state index contributed by atoms with van der Waals surface area (Å²) in [6.45, 7) is 9.12. The van der Waals surface area contributed by atoms with E-state index < -0.39 is 5.97 Å². The summed E-state index contributed by atoms with van der Waals surface area (Å²) in [7, 11) is 0. The minimum Gasteiger partial charge on any atom is -0.476 e. The van der Waals surface area contributed by atoms with E-state index in [1.54, 1.807) is 4.68 Å². The highest BCUT2D eigenvalue weighted by Crippen LogP contribution is 2.14. The van der Waals surface area contributed by atoms with Gasteiger partial charge in [0.15, 0.2) is 5.69 Å². The number of aromatic nitrogens is 3. The van der Waals surface area contributed by atoms with Gasteiger partial charge in [-0.1, -0.05) is 32.9 Å². The van der Waals surface area contributed by atoms with E-state index in [-0.39, 0.29) is 5.69 Å². The van der Waals surface area contributed by atoms with Gasteiger partial charge in [0.2, 0.25) is 0 Å². The zero-order chi connectivity index (χ0) is 13.0. The zero-order valence-corrected chi connectivity index (χ0v) is 11.0. The predicted molar refractivity (Wildman–Crippen MR) is 65.0 cm³/mol. The number of carboxylic acid groups (broad SMARTS) is 1. The Morgan fingerprint density at radius 3 is 2.41 bits per heavy atom. The first-order valence-corrected chi connectivity index (χ1v) is 6.07. The van der Waals surface area contributed by atoms with Gasteiger partial charge in [-0.3, -0.25) is 0 Å². The molecule has 1 heterocycles. The Balaban J connectivity index is 2.93. The van der Waals surface area contributed by atoms with E-state index in [1.165, 1.54) is 0 Å². The summed E-state index contributed by atoms with van der Waals surface area (Å²) in [4.78, 5) is 11.0. The first-order chi connectivity index (χ1) is 7.91. The van der Waals surface area contributed by atoms with E-state index in [0.29, 0.717) is 18.4 Å². The number of nitrogens with zero attached hydrogens (tertiary/aromatic N) is 3. The molecule has 0 aliphatic rings. The molecule has 0 amide bonds. The maximum atomic E-state index is 11.0. The predicted octanol–water partition coefficient (Wildman–Crippen LogP) is 2.22. The Kier molecular flexibility index (Phi) is 4.66. The molecule has 0 fully saturated rings. The van der Waals surface area contributed by atoms with E-state index in [4.69, 9.17) is 5.11 Å². The molecule has 0 unspecified atom stereocenters. The molecule has 5 heteroatoms. The van der Waals surface area contributed by atoms with Crippen molar-refractivity contribution >= 4 is 5.97 Å². The van der Waals surface area contributed by atoms with Crippen LogP contribution in [0.4, 0.5) is 0 Å². The number of hydrogen-bond acceptors (Lipinski definition) is 3. The Bertz CT molecular complexity index is 383. The normalized spacial score (nSPS) is 11.4. The molecule has 0 aliphatic carbocycles. The monoisotopic (exact) mass is 239 g/mol. The number of carboxylic acids is 1. The smallest absolute Gasteiger partial charge is 0.358 e. The summed E-state index contributed by atoms with van der Waals surface area (Å²) in [6, 6.07) is 0. The van der Waals surface area contributed by atoms with Crippen LogP contribution in [0.5, 0.6) is 0 Å². The van der Waals surface area contributed by atoms with E-state index in [0.717, 1.165) is 18.5 Å². The van der Waals surface area contributed by atoms with E-state index >= 15 is 0 Å². The number of rotatable bonds is 6. The fourth-order valence-corrected chi connectivity index (χ4v) is 1.66. The lowest BCUT2D eigenvalue weighted by Crippen LogP contribution is -2.12. The minimum atomic E-state index is -0.987. The van der Waals surface area contributed by atoms with Crippen LogP contribution in [0.1, 0.15) is 50.3 Å². The van der Waals surface area contributed by atoms with Crippen molar-refractivity contribution in [1.29, 1.82) is 0 Å². The molecule has 1 aromatic heterocycles. The highest BCUT2D eigenvalue weighted by molar-refractivity contribution is 5.86. The van der Waals surface area contributed by atoms with Crippen LogP contribution in [-0.4, -0.2) is 26.1 Å². The van der Waals surface area contributed by atoms with Gasteiger partial charge >= 0.3 is 5.97 Å². The summed E-state index contributed by atoms with van der Waals surface area (Å²) in [5.74, 6) is -0.0195.